The van der Waals surface area contributed by atoms with Crippen molar-refractivity contribution in [3.63, 3.8) is 0 Å². The first-order valence-electron chi connectivity index (χ1n) is 4.65. The number of carboxylic acids is 1. The van der Waals surface area contributed by atoms with Gasteiger partial charge >= 0.3 is 12.0 Å². The van der Waals surface area contributed by atoms with E-state index in [1.807, 2.05) is 0 Å². The molecule has 0 saturated heterocycles. The Balaban J connectivity index is 2.65. The highest BCUT2D eigenvalue weighted by Gasteiger charge is 2.13. The van der Waals surface area contributed by atoms with Crippen LogP contribution in [0, 0.1) is 0 Å². The predicted octanol–water partition coefficient (Wildman–Crippen LogP) is 2.59. The maximum atomic E-state index is 11.4. The Morgan fingerprint density at radius 2 is 1.76 bits per heavy atom. The normalized spacial score (nSPS) is 11.7. The first kappa shape index (κ1) is 13.6. The van der Waals surface area contributed by atoms with E-state index in [4.69, 9.17) is 28.3 Å². The molecule has 1 atom stereocenters. The lowest BCUT2D eigenvalue weighted by Crippen LogP contribution is -2.40. The lowest BCUT2D eigenvalue weighted by atomic mass is 10.3. The zero-order valence-electron chi connectivity index (χ0n) is 8.83. The minimum absolute atomic E-state index is 0.374. The maximum absolute atomic E-state index is 11.4. The van der Waals surface area contributed by atoms with Crippen LogP contribution in [-0.2, 0) is 4.79 Å². The summed E-state index contributed by atoms with van der Waals surface area (Å²) in [5.74, 6) is -1.12. The van der Waals surface area contributed by atoms with Crippen molar-refractivity contribution in [1.82, 2.24) is 5.32 Å². The van der Waals surface area contributed by atoms with E-state index in [0.717, 1.165) is 0 Å². The molecule has 0 aliphatic rings. The fourth-order valence-corrected chi connectivity index (χ4v) is 1.58. The van der Waals surface area contributed by atoms with E-state index < -0.39 is 18.0 Å². The topological polar surface area (TPSA) is 78.4 Å². The van der Waals surface area contributed by atoms with E-state index in [1.54, 1.807) is 0 Å². The number of hydrogen-bond donors (Lipinski definition) is 3. The molecule has 3 N–H and O–H groups in total. The summed E-state index contributed by atoms with van der Waals surface area (Å²) in [6, 6.07) is 2.89. The fraction of sp³-hybridized carbons (Fsp3) is 0.200. The monoisotopic (exact) mass is 276 g/mol. The van der Waals surface area contributed by atoms with Crippen LogP contribution in [0.5, 0.6) is 0 Å². The lowest BCUT2D eigenvalue weighted by Gasteiger charge is -2.11. The number of rotatable bonds is 3. The van der Waals surface area contributed by atoms with Crippen LogP contribution < -0.4 is 10.6 Å². The Kier molecular flexibility index (Phi) is 4.60. The van der Waals surface area contributed by atoms with E-state index in [9.17, 15) is 9.59 Å². The average Bonchev–Trinajstić information content (AvgIpc) is 2.14. The van der Waals surface area contributed by atoms with Crippen LogP contribution in [-0.4, -0.2) is 23.1 Å². The van der Waals surface area contributed by atoms with Gasteiger partial charge in [0.1, 0.15) is 6.04 Å². The molecule has 0 aromatic heterocycles. The summed E-state index contributed by atoms with van der Waals surface area (Å²) in [5.41, 5.74) is 0.387. The van der Waals surface area contributed by atoms with E-state index in [-0.39, 0.29) is 0 Å². The molecule has 1 rings (SSSR count). The number of carbonyl (C=O) groups is 2. The molecule has 1 aromatic carbocycles. The number of anilines is 1. The van der Waals surface area contributed by atoms with Crippen molar-refractivity contribution in [3.8, 4) is 0 Å². The number of aliphatic carboxylic acids is 1. The Labute approximate surface area is 108 Å². The van der Waals surface area contributed by atoms with Crippen LogP contribution >= 0.6 is 23.2 Å². The largest absolute Gasteiger partial charge is 0.480 e. The van der Waals surface area contributed by atoms with Crippen molar-refractivity contribution in [2.45, 2.75) is 13.0 Å². The summed E-state index contributed by atoms with van der Waals surface area (Å²) in [6.45, 7) is 1.35. The number of benzene rings is 1. The van der Waals surface area contributed by atoms with Crippen molar-refractivity contribution >= 4 is 40.9 Å². The van der Waals surface area contributed by atoms with Gasteiger partial charge in [0.2, 0.25) is 0 Å². The summed E-state index contributed by atoms with van der Waals surface area (Å²) in [6.07, 6.45) is 0. The third-order valence-corrected chi connectivity index (χ3v) is 2.27. The first-order chi connectivity index (χ1) is 7.88. The van der Waals surface area contributed by atoms with E-state index in [1.165, 1.54) is 25.1 Å². The van der Waals surface area contributed by atoms with Crippen LogP contribution in [0.2, 0.25) is 10.0 Å². The highest BCUT2D eigenvalue weighted by molar-refractivity contribution is 6.35. The van der Waals surface area contributed by atoms with Gasteiger partial charge in [-0.15, -0.1) is 0 Å². The molecule has 17 heavy (non-hydrogen) atoms. The van der Waals surface area contributed by atoms with Gasteiger partial charge in [-0.05, 0) is 25.1 Å². The molecule has 1 aromatic rings. The molecule has 0 bridgehead atoms. The van der Waals surface area contributed by atoms with Gasteiger partial charge in [-0.25, -0.2) is 4.79 Å². The highest BCUT2D eigenvalue weighted by atomic mass is 35.5. The molecule has 0 fully saturated rings. The second kappa shape index (κ2) is 5.75. The summed E-state index contributed by atoms with van der Waals surface area (Å²) < 4.78 is 0. The molecule has 92 valence electrons. The highest BCUT2D eigenvalue weighted by Crippen LogP contribution is 2.22. The van der Waals surface area contributed by atoms with Gasteiger partial charge in [0, 0.05) is 15.7 Å². The molecule has 0 aliphatic carbocycles. The smallest absolute Gasteiger partial charge is 0.325 e. The quantitative estimate of drug-likeness (QED) is 0.794. The van der Waals surface area contributed by atoms with Crippen LogP contribution in [0.25, 0.3) is 0 Å². The van der Waals surface area contributed by atoms with Crippen LogP contribution in [0.3, 0.4) is 0 Å². The number of carbonyl (C=O) groups excluding carboxylic acids is 1. The number of urea groups is 1. The van der Waals surface area contributed by atoms with Gasteiger partial charge in [0.25, 0.3) is 0 Å². The molecule has 0 saturated carbocycles. The SMILES string of the molecule is C[C@H](NC(=O)Nc1cc(Cl)cc(Cl)c1)C(=O)O. The summed E-state index contributed by atoms with van der Waals surface area (Å²) in [4.78, 5) is 21.9. The Morgan fingerprint density at radius 3 is 2.24 bits per heavy atom. The van der Waals surface area contributed by atoms with Gasteiger partial charge < -0.3 is 15.7 Å². The van der Waals surface area contributed by atoms with Gasteiger partial charge in [-0.3, -0.25) is 4.79 Å². The molecule has 5 nitrogen and oxygen atoms in total. The third-order valence-electron chi connectivity index (χ3n) is 1.84. The third kappa shape index (κ3) is 4.50. The summed E-state index contributed by atoms with van der Waals surface area (Å²) in [7, 11) is 0. The maximum Gasteiger partial charge on any atom is 0.325 e. The van der Waals surface area contributed by atoms with Crippen LogP contribution in [0.15, 0.2) is 18.2 Å². The summed E-state index contributed by atoms with van der Waals surface area (Å²) >= 11 is 11.5. The minimum Gasteiger partial charge on any atom is -0.480 e. The van der Waals surface area contributed by atoms with Crippen molar-refractivity contribution < 1.29 is 14.7 Å². The number of carboxylic acid groups (broad SMARTS) is 1. The van der Waals surface area contributed by atoms with E-state index in [0.29, 0.717) is 15.7 Å². The first-order valence-corrected chi connectivity index (χ1v) is 5.40. The lowest BCUT2D eigenvalue weighted by molar-refractivity contribution is -0.138. The van der Waals surface area contributed by atoms with Gasteiger partial charge in [0.05, 0.1) is 0 Å². The minimum atomic E-state index is -1.12. The summed E-state index contributed by atoms with van der Waals surface area (Å²) in [5, 5.41) is 14.0. The van der Waals surface area contributed by atoms with E-state index in [2.05, 4.69) is 10.6 Å². The molecule has 2 amide bonds. The average molecular weight is 277 g/mol. The van der Waals surface area contributed by atoms with Crippen LogP contribution in [0.4, 0.5) is 10.5 Å². The zero-order chi connectivity index (χ0) is 13.0. The second-order valence-corrected chi connectivity index (χ2v) is 4.19. The number of halogens is 2. The molecule has 0 aliphatic heterocycles. The Bertz CT molecular complexity index is 431. The molecule has 7 heteroatoms. The van der Waals surface area contributed by atoms with Crippen molar-refractivity contribution in [2.75, 3.05) is 5.32 Å². The number of nitrogens with one attached hydrogen (secondary N) is 2. The molecule has 0 spiro atoms. The number of hydrogen-bond acceptors (Lipinski definition) is 2. The van der Waals surface area contributed by atoms with Gasteiger partial charge in [-0.1, -0.05) is 23.2 Å². The second-order valence-electron chi connectivity index (χ2n) is 3.32. The van der Waals surface area contributed by atoms with Crippen molar-refractivity contribution in [3.05, 3.63) is 28.2 Å². The molecule has 0 radical (unpaired) electrons. The van der Waals surface area contributed by atoms with Gasteiger partial charge in [-0.2, -0.15) is 0 Å². The predicted molar refractivity (Wildman–Crippen MR) is 65.7 cm³/mol. The molecule has 0 unspecified atom stereocenters. The Hall–Kier alpha value is -1.46. The fourth-order valence-electron chi connectivity index (χ4n) is 1.05. The van der Waals surface area contributed by atoms with Gasteiger partial charge in [0.15, 0.2) is 0 Å². The van der Waals surface area contributed by atoms with Crippen molar-refractivity contribution in [1.29, 1.82) is 0 Å². The standard InChI is InChI=1S/C10H10Cl2N2O3/c1-5(9(15)16)13-10(17)14-8-3-6(11)2-7(12)4-8/h2-5H,1H3,(H,15,16)(H2,13,14,17)/t5-/m0/s1. The van der Waals surface area contributed by atoms with Crippen molar-refractivity contribution in [2.24, 2.45) is 0 Å². The molecular formula is C10H10Cl2N2O3. The molecule has 0 heterocycles. The van der Waals surface area contributed by atoms with Crippen LogP contribution in [0.1, 0.15) is 6.92 Å². The zero-order valence-corrected chi connectivity index (χ0v) is 10.3. The molecular weight excluding hydrogens is 267 g/mol. The number of amides is 2. The Morgan fingerprint density at radius 1 is 1.24 bits per heavy atom. The van der Waals surface area contributed by atoms with E-state index >= 15 is 0 Å².